The Hall–Kier alpha value is -0.830. The van der Waals surface area contributed by atoms with E-state index in [1.165, 1.54) is 44.5 Å². The lowest BCUT2D eigenvalue weighted by atomic mass is 9.88. The number of piperidine rings is 1. The van der Waals surface area contributed by atoms with Crippen molar-refractivity contribution in [1.82, 2.24) is 15.1 Å². The smallest absolute Gasteiger partial charge is 0.0631 e. The highest BCUT2D eigenvalue weighted by Gasteiger charge is 2.26. The first-order valence-corrected chi connectivity index (χ1v) is 6.13. The first-order chi connectivity index (χ1) is 7.36. The van der Waals surface area contributed by atoms with Gasteiger partial charge in [-0.15, -0.1) is 0 Å². The van der Waals surface area contributed by atoms with Crippen molar-refractivity contribution in [2.45, 2.75) is 45.1 Å². The predicted octanol–water partition coefficient (Wildman–Crippen LogP) is 1.60. The van der Waals surface area contributed by atoms with Crippen LogP contribution >= 0.6 is 0 Å². The maximum absolute atomic E-state index is 4.66. The van der Waals surface area contributed by atoms with E-state index in [1.807, 2.05) is 0 Å². The lowest BCUT2D eigenvalue weighted by Crippen LogP contribution is -2.27. The van der Waals surface area contributed by atoms with Gasteiger partial charge in [0.25, 0.3) is 0 Å². The first-order valence-electron chi connectivity index (χ1n) is 6.13. The van der Waals surface area contributed by atoms with Crippen molar-refractivity contribution in [3.8, 4) is 0 Å². The molecule has 3 nitrogen and oxygen atoms in total. The number of nitrogens with zero attached hydrogens (tertiary/aromatic N) is 2. The maximum Gasteiger partial charge on any atom is 0.0631 e. The van der Waals surface area contributed by atoms with Crippen LogP contribution in [0.15, 0.2) is 0 Å². The van der Waals surface area contributed by atoms with Gasteiger partial charge in [-0.25, -0.2) is 0 Å². The Bertz CT molecular complexity index is 361. The highest BCUT2D eigenvalue weighted by molar-refractivity contribution is 5.31. The number of rotatable bonds is 1. The van der Waals surface area contributed by atoms with Crippen LogP contribution in [0.1, 0.15) is 42.1 Å². The summed E-state index contributed by atoms with van der Waals surface area (Å²) in [6, 6.07) is 0. The van der Waals surface area contributed by atoms with Crippen molar-refractivity contribution in [3.05, 3.63) is 17.0 Å². The van der Waals surface area contributed by atoms with E-state index in [9.17, 15) is 0 Å². The fourth-order valence-electron chi connectivity index (χ4n) is 3.13. The number of hydrogen-bond acceptors (Lipinski definition) is 2. The summed E-state index contributed by atoms with van der Waals surface area (Å²) >= 11 is 0. The highest BCUT2D eigenvalue weighted by atomic mass is 15.3. The minimum absolute atomic E-state index is 0.771. The SMILES string of the molecule is Cc1nn2c(c1C1CCNCC1)CCC2. The first kappa shape index (κ1) is 9.40. The third kappa shape index (κ3) is 1.49. The molecule has 1 aromatic rings. The average Bonchev–Trinajstić information content (AvgIpc) is 2.78. The quantitative estimate of drug-likeness (QED) is 0.755. The van der Waals surface area contributed by atoms with E-state index in [0.29, 0.717) is 0 Å². The van der Waals surface area contributed by atoms with Gasteiger partial charge in [0.05, 0.1) is 5.69 Å². The van der Waals surface area contributed by atoms with Crippen LogP contribution in [0, 0.1) is 6.92 Å². The zero-order chi connectivity index (χ0) is 10.3. The van der Waals surface area contributed by atoms with E-state index in [0.717, 1.165) is 12.5 Å². The molecule has 0 atom stereocenters. The molecular formula is C12H19N3. The largest absolute Gasteiger partial charge is 0.317 e. The lowest BCUT2D eigenvalue weighted by Gasteiger charge is -2.23. The molecular weight excluding hydrogens is 186 g/mol. The molecule has 1 fully saturated rings. The third-order valence-electron chi connectivity index (χ3n) is 3.81. The molecule has 2 aliphatic rings. The van der Waals surface area contributed by atoms with Gasteiger partial charge in [-0.1, -0.05) is 0 Å². The molecule has 2 aliphatic heterocycles. The average molecular weight is 205 g/mol. The molecule has 3 rings (SSSR count). The Morgan fingerprint density at radius 3 is 2.93 bits per heavy atom. The van der Waals surface area contributed by atoms with E-state index in [-0.39, 0.29) is 0 Å². The Morgan fingerprint density at radius 2 is 2.13 bits per heavy atom. The second-order valence-corrected chi connectivity index (χ2v) is 4.80. The molecule has 0 saturated carbocycles. The molecule has 0 unspecified atom stereocenters. The summed E-state index contributed by atoms with van der Waals surface area (Å²) in [7, 11) is 0. The fraction of sp³-hybridized carbons (Fsp3) is 0.750. The van der Waals surface area contributed by atoms with E-state index < -0.39 is 0 Å². The molecule has 1 saturated heterocycles. The summed E-state index contributed by atoms with van der Waals surface area (Å²) in [6.07, 6.45) is 5.12. The zero-order valence-electron chi connectivity index (χ0n) is 9.42. The number of nitrogens with one attached hydrogen (secondary N) is 1. The molecule has 82 valence electrons. The van der Waals surface area contributed by atoms with Gasteiger partial charge in [0.15, 0.2) is 0 Å². The van der Waals surface area contributed by atoms with E-state index >= 15 is 0 Å². The third-order valence-corrected chi connectivity index (χ3v) is 3.81. The number of hydrogen-bond donors (Lipinski definition) is 1. The Morgan fingerprint density at radius 1 is 1.33 bits per heavy atom. The Balaban J connectivity index is 1.95. The van der Waals surface area contributed by atoms with Crippen molar-refractivity contribution < 1.29 is 0 Å². The molecule has 3 heterocycles. The maximum atomic E-state index is 4.66. The summed E-state index contributed by atoms with van der Waals surface area (Å²) in [6.45, 7) is 5.67. The normalized spacial score (nSPS) is 21.9. The number of fused-ring (bicyclic) bond motifs is 1. The molecule has 15 heavy (non-hydrogen) atoms. The van der Waals surface area contributed by atoms with Crippen LogP contribution in [0.3, 0.4) is 0 Å². The molecule has 3 heteroatoms. The zero-order valence-corrected chi connectivity index (χ0v) is 9.42. The van der Waals surface area contributed by atoms with E-state index in [1.54, 1.807) is 11.3 Å². The Kier molecular flexibility index (Phi) is 2.28. The highest BCUT2D eigenvalue weighted by Crippen LogP contribution is 2.33. The van der Waals surface area contributed by atoms with Crippen molar-refractivity contribution in [2.75, 3.05) is 13.1 Å². The topological polar surface area (TPSA) is 29.9 Å². The van der Waals surface area contributed by atoms with Gasteiger partial charge in [0.1, 0.15) is 0 Å². The lowest BCUT2D eigenvalue weighted by molar-refractivity contribution is 0.457. The van der Waals surface area contributed by atoms with Crippen LogP contribution in [-0.4, -0.2) is 22.9 Å². The van der Waals surface area contributed by atoms with Crippen molar-refractivity contribution in [1.29, 1.82) is 0 Å². The van der Waals surface area contributed by atoms with Crippen LogP contribution in [-0.2, 0) is 13.0 Å². The van der Waals surface area contributed by atoms with Crippen molar-refractivity contribution >= 4 is 0 Å². The molecule has 0 amide bonds. The van der Waals surface area contributed by atoms with Crippen LogP contribution in [0.5, 0.6) is 0 Å². The number of aromatic nitrogens is 2. The van der Waals surface area contributed by atoms with Crippen LogP contribution in [0.25, 0.3) is 0 Å². The fourth-order valence-corrected chi connectivity index (χ4v) is 3.13. The van der Waals surface area contributed by atoms with E-state index in [2.05, 4.69) is 22.0 Å². The van der Waals surface area contributed by atoms with Gasteiger partial charge in [-0.05, 0) is 57.2 Å². The van der Waals surface area contributed by atoms with E-state index in [4.69, 9.17) is 0 Å². The summed E-state index contributed by atoms with van der Waals surface area (Å²) in [4.78, 5) is 0. The van der Waals surface area contributed by atoms with Gasteiger partial charge in [-0.2, -0.15) is 5.10 Å². The summed E-state index contributed by atoms with van der Waals surface area (Å²) < 4.78 is 2.24. The second-order valence-electron chi connectivity index (χ2n) is 4.80. The van der Waals surface area contributed by atoms with Crippen LogP contribution < -0.4 is 5.32 Å². The minimum atomic E-state index is 0.771. The van der Waals surface area contributed by atoms with Gasteiger partial charge in [0.2, 0.25) is 0 Å². The Labute approximate surface area is 90.9 Å². The number of aryl methyl sites for hydroxylation is 2. The molecule has 1 N–H and O–H groups in total. The van der Waals surface area contributed by atoms with Crippen molar-refractivity contribution in [2.24, 2.45) is 0 Å². The molecule has 0 spiro atoms. The predicted molar refractivity (Wildman–Crippen MR) is 60.1 cm³/mol. The van der Waals surface area contributed by atoms with Gasteiger partial charge < -0.3 is 5.32 Å². The van der Waals surface area contributed by atoms with Gasteiger partial charge in [-0.3, -0.25) is 4.68 Å². The molecule has 0 aromatic carbocycles. The monoisotopic (exact) mass is 205 g/mol. The van der Waals surface area contributed by atoms with Crippen molar-refractivity contribution in [3.63, 3.8) is 0 Å². The standard InChI is InChI=1S/C12H19N3/c1-9-12(10-4-6-13-7-5-10)11-3-2-8-15(11)14-9/h10,13H,2-8H2,1H3. The van der Waals surface area contributed by atoms with Gasteiger partial charge >= 0.3 is 0 Å². The van der Waals surface area contributed by atoms with Crippen LogP contribution in [0.2, 0.25) is 0 Å². The molecule has 1 aromatic heterocycles. The minimum Gasteiger partial charge on any atom is -0.317 e. The van der Waals surface area contributed by atoms with Gasteiger partial charge in [0, 0.05) is 12.2 Å². The summed E-state index contributed by atoms with van der Waals surface area (Å²) in [5.41, 5.74) is 4.42. The summed E-state index contributed by atoms with van der Waals surface area (Å²) in [5, 5.41) is 8.10. The molecule has 0 bridgehead atoms. The molecule has 0 aliphatic carbocycles. The summed E-state index contributed by atoms with van der Waals surface area (Å²) in [5.74, 6) is 0.771. The van der Waals surface area contributed by atoms with Crippen LogP contribution in [0.4, 0.5) is 0 Å². The second kappa shape index (κ2) is 3.63. The molecule has 0 radical (unpaired) electrons.